The number of aromatic nitrogens is 2. The van der Waals surface area contributed by atoms with Crippen molar-refractivity contribution in [3.05, 3.63) is 56.8 Å². The maximum Gasteiger partial charge on any atom is 0.265 e. The molecular weight excluding hydrogens is 392 g/mol. The van der Waals surface area contributed by atoms with Crippen LogP contribution < -0.4 is 15.8 Å². The van der Waals surface area contributed by atoms with Gasteiger partial charge in [0.25, 0.3) is 11.5 Å². The highest BCUT2D eigenvalue weighted by Gasteiger charge is 2.26. The lowest BCUT2D eigenvalue weighted by molar-refractivity contribution is 0.0948. The van der Waals surface area contributed by atoms with E-state index in [1.807, 2.05) is 18.2 Å². The van der Waals surface area contributed by atoms with Gasteiger partial charge in [-0.3, -0.25) is 9.59 Å². The molecule has 1 amide bonds. The molecule has 1 saturated heterocycles. The van der Waals surface area contributed by atoms with E-state index in [1.54, 1.807) is 14.0 Å². The number of benzene rings is 1. The number of halogens is 1. The van der Waals surface area contributed by atoms with Crippen LogP contribution >= 0.6 is 11.6 Å². The molecule has 0 bridgehead atoms. The molecule has 2 aromatic heterocycles. The lowest BCUT2D eigenvalue weighted by Gasteiger charge is -2.21. The van der Waals surface area contributed by atoms with Gasteiger partial charge in [-0.25, -0.2) is 4.98 Å². The van der Waals surface area contributed by atoms with Gasteiger partial charge >= 0.3 is 0 Å². The van der Waals surface area contributed by atoms with E-state index in [9.17, 15) is 9.59 Å². The van der Waals surface area contributed by atoms with Crippen molar-refractivity contribution in [1.82, 2.24) is 14.9 Å². The molecule has 0 spiro atoms. The molecule has 0 saturated carbocycles. The number of carbonyl (C=O) groups is 1. The Morgan fingerprint density at radius 2 is 2.17 bits per heavy atom. The topological polar surface area (TPSA) is 80.4 Å². The molecule has 1 unspecified atom stereocenters. The van der Waals surface area contributed by atoms with Crippen molar-refractivity contribution in [3.8, 4) is 0 Å². The van der Waals surface area contributed by atoms with E-state index in [-0.39, 0.29) is 28.1 Å². The van der Waals surface area contributed by atoms with Crippen molar-refractivity contribution in [2.24, 2.45) is 13.0 Å². The summed E-state index contributed by atoms with van der Waals surface area (Å²) < 4.78 is 6.86. The lowest BCUT2D eigenvalue weighted by Crippen LogP contribution is -2.32. The monoisotopic (exact) mass is 414 g/mol. The number of furan rings is 1. The number of hydrogen-bond donors (Lipinski definition) is 1. The average molecular weight is 415 g/mol. The number of aryl methyl sites for hydroxylation is 3. The first kappa shape index (κ1) is 19.5. The van der Waals surface area contributed by atoms with Crippen LogP contribution in [0.25, 0.3) is 11.1 Å². The van der Waals surface area contributed by atoms with E-state index in [0.717, 1.165) is 30.2 Å². The van der Waals surface area contributed by atoms with Gasteiger partial charge < -0.3 is 19.2 Å². The minimum Gasteiger partial charge on any atom is -0.442 e. The standard InChI is InChI=1S/C21H23ClN4O3/c1-12-4-5-15(22)8-16(12)26-7-6-14(10-26)9-23-19(27)17-13(2)29-20-18(17)21(28)25(3)11-24-20/h4-5,8,11,14H,6-7,9-10H2,1-3H3,(H,23,27). The molecule has 4 rings (SSSR count). The predicted octanol–water partition coefficient (Wildman–Crippen LogP) is 3.05. The number of anilines is 1. The summed E-state index contributed by atoms with van der Waals surface area (Å²) in [7, 11) is 1.60. The van der Waals surface area contributed by atoms with E-state index < -0.39 is 0 Å². The molecule has 1 aromatic carbocycles. The summed E-state index contributed by atoms with van der Waals surface area (Å²) in [5.41, 5.74) is 2.49. The zero-order valence-electron chi connectivity index (χ0n) is 16.7. The molecule has 1 N–H and O–H groups in total. The van der Waals surface area contributed by atoms with Gasteiger partial charge in [0, 0.05) is 37.4 Å². The predicted molar refractivity (Wildman–Crippen MR) is 113 cm³/mol. The molecule has 1 aliphatic rings. The van der Waals surface area contributed by atoms with Crippen LogP contribution in [0.4, 0.5) is 5.69 Å². The molecule has 29 heavy (non-hydrogen) atoms. The fourth-order valence-electron chi connectivity index (χ4n) is 3.93. The van der Waals surface area contributed by atoms with Crippen LogP contribution in [0, 0.1) is 19.8 Å². The number of nitrogens with one attached hydrogen (secondary N) is 1. The molecular formula is C21H23ClN4O3. The minimum atomic E-state index is -0.302. The summed E-state index contributed by atoms with van der Waals surface area (Å²) in [6.45, 7) is 6.04. The minimum absolute atomic E-state index is 0.194. The van der Waals surface area contributed by atoms with Crippen molar-refractivity contribution < 1.29 is 9.21 Å². The van der Waals surface area contributed by atoms with Gasteiger partial charge in [-0.1, -0.05) is 17.7 Å². The molecule has 1 atom stereocenters. The van der Waals surface area contributed by atoms with Crippen molar-refractivity contribution in [3.63, 3.8) is 0 Å². The number of rotatable bonds is 4. The third kappa shape index (κ3) is 3.62. The van der Waals surface area contributed by atoms with E-state index >= 15 is 0 Å². The number of fused-ring (bicyclic) bond motifs is 1. The van der Waals surface area contributed by atoms with Gasteiger partial charge in [0.1, 0.15) is 17.5 Å². The largest absolute Gasteiger partial charge is 0.442 e. The fraction of sp³-hybridized carbons (Fsp3) is 0.381. The molecule has 7 nitrogen and oxygen atoms in total. The van der Waals surface area contributed by atoms with Crippen LogP contribution in [-0.2, 0) is 7.05 Å². The van der Waals surface area contributed by atoms with E-state index in [1.165, 1.54) is 16.5 Å². The molecule has 0 radical (unpaired) electrons. The Hall–Kier alpha value is -2.80. The van der Waals surface area contributed by atoms with Crippen LogP contribution in [0.2, 0.25) is 5.02 Å². The summed E-state index contributed by atoms with van der Waals surface area (Å²) in [5, 5.41) is 3.93. The SMILES string of the molecule is Cc1ccc(Cl)cc1N1CCC(CNC(=O)c2c(C)oc3ncn(C)c(=O)c23)C1. The Morgan fingerprint density at radius 1 is 1.38 bits per heavy atom. The highest BCUT2D eigenvalue weighted by molar-refractivity contribution is 6.30. The Kier molecular flexibility index (Phi) is 5.08. The first-order valence-electron chi connectivity index (χ1n) is 9.59. The molecule has 3 aromatic rings. The maximum absolute atomic E-state index is 12.8. The van der Waals surface area contributed by atoms with Gasteiger partial charge in [0.2, 0.25) is 5.71 Å². The van der Waals surface area contributed by atoms with Crippen LogP contribution in [0.1, 0.15) is 28.1 Å². The number of nitrogens with zero attached hydrogens (tertiary/aromatic N) is 3. The highest BCUT2D eigenvalue weighted by Crippen LogP contribution is 2.29. The first-order chi connectivity index (χ1) is 13.8. The van der Waals surface area contributed by atoms with Gasteiger partial charge in [-0.15, -0.1) is 0 Å². The molecule has 8 heteroatoms. The van der Waals surface area contributed by atoms with Crippen LogP contribution in [0.3, 0.4) is 0 Å². The quantitative estimate of drug-likeness (QED) is 0.709. The zero-order valence-corrected chi connectivity index (χ0v) is 17.4. The second-order valence-corrected chi connectivity index (χ2v) is 8.05. The Morgan fingerprint density at radius 3 is 2.97 bits per heavy atom. The number of hydrogen-bond acceptors (Lipinski definition) is 5. The van der Waals surface area contributed by atoms with Crippen molar-refractivity contribution in [2.45, 2.75) is 20.3 Å². The molecule has 1 aliphatic heterocycles. The summed E-state index contributed by atoms with van der Waals surface area (Å²) >= 11 is 6.15. The Labute approximate surface area is 173 Å². The average Bonchev–Trinajstić information content (AvgIpc) is 3.29. The van der Waals surface area contributed by atoms with Gasteiger partial charge in [0.15, 0.2) is 0 Å². The molecule has 1 fully saturated rings. The van der Waals surface area contributed by atoms with Gasteiger partial charge in [-0.2, -0.15) is 0 Å². The van der Waals surface area contributed by atoms with Gasteiger partial charge in [-0.05, 0) is 43.9 Å². The van der Waals surface area contributed by atoms with E-state index in [2.05, 4.69) is 22.1 Å². The second-order valence-electron chi connectivity index (χ2n) is 7.62. The van der Waals surface area contributed by atoms with Crippen molar-refractivity contribution in [2.75, 3.05) is 24.5 Å². The van der Waals surface area contributed by atoms with Crippen LogP contribution in [-0.4, -0.2) is 35.1 Å². The normalized spacial score (nSPS) is 16.6. The summed E-state index contributed by atoms with van der Waals surface area (Å²) in [5.74, 6) is 0.413. The van der Waals surface area contributed by atoms with E-state index in [0.29, 0.717) is 18.2 Å². The van der Waals surface area contributed by atoms with Crippen molar-refractivity contribution in [1.29, 1.82) is 0 Å². The highest BCUT2D eigenvalue weighted by atomic mass is 35.5. The maximum atomic E-state index is 12.8. The summed E-state index contributed by atoms with van der Waals surface area (Å²) in [6, 6.07) is 5.90. The zero-order chi connectivity index (χ0) is 20.7. The van der Waals surface area contributed by atoms with Crippen molar-refractivity contribution >= 4 is 34.3 Å². The van der Waals surface area contributed by atoms with Crippen LogP contribution in [0.5, 0.6) is 0 Å². The second kappa shape index (κ2) is 7.55. The van der Waals surface area contributed by atoms with Crippen LogP contribution in [0.15, 0.2) is 33.7 Å². The first-order valence-corrected chi connectivity index (χ1v) is 9.97. The van der Waals surface area contributed by atoms with Gasteiger partial charge in [0.05, 0.1) is 5.56 Å². The number of amides is 1. The lowest BCUT2D eigenvalue weighted by atomic mass is 10.1. The summed E-state index contributed by atoms with van der Waals surface area (Å²) in [4.78, 5) is 31.7. The molecule has 3 heterocycles. The Balaban J connectivity index is 1.47. The van der Waals surface area contributed by atoms with E-state index in [4.69, 9.17) is 16.0 Å². The third-order valence-electron chi connectivity index (χ3n) is 5.52. The summed E-state index contributed by atoms with van der Waals surface area (Å²) in [6.07, 6.45) is 2.36. The number of carbonyl (C=O) groups excluding carboxylic acids is 1. The molecule has 0 aliphatic carbocycles. The Bertz CT molecular complexity index is 1150. The molecule has 152 valence electrons. The smallest absolute Gasteiger partial charge is 0.265 e. The third-order valence-corrected chi connectivity index (χ3v) is 5.76. The fourth-order valence-corrected chi connectivity index (χ4v) is 4.09.